The van der Waals surface area contributed by atoms with Crippen molar-refractivity contribution in [1.82, 2.24) is 4.98 Å². The molecule has 0 aliphatic heterocycles. The molecule has 0 radical (unpaired) electrons. The van der Waals surface area contributed by atoms with Gasteiger partial charge in [0.05, 0.1) is 10.2 Å². The molecule has 106 valence electrons. The molecule has 0 N–H and O–H groups in total. The van der Waals surface area contributed by atoms with Gasteiger partial charge in [0, 0.05) is 6.20 Å². The molecular weight excluding hydrogens is 321 g/mol. The average molecular weight is 338 g/mol. The molecule has 0 unspecified atom stereocenters. The zero-order valence-electron chi connectivity index (χ0n) is 11.8. The number of ether oxygens (including phenoxy) is 1. The van der Waals surface area contributed by atoms with Crippen molar-refractivity contribution in [2.24, 2.45) is 0 Å². The van der Waals surface area contributed by atoms with Crippen LogP contribution in [-0.4, -0.2) is 4.98 Å². The van der Waals surface area contributed by atoms with Gasteiger partial charge < -0.3 is 4.74 Å². The summed E-state index contributed by atoms with van der Waals surface area (Å²) in [5, 5.41) is 0. The molecule has 0 bridgehead atoms. The van der Waals surface area contributed by atoms with E-state index in [-0.39, 0.29) is 11.2 Å². The summed E-state index contributed by atoms with van der Waals surface area (Å²) in [6, 6.07) is 9.17. The van der Waals surface area contributed by atoms with E-state index >= 15 is 0 Å². The Hall–Kier alpha value is -1.42. The van der Waals surface area contributed by atoms with Crippen LogP contribution >= 0.6 is 15.9 Å². The summed E-state index contributed by atoms with van der Waals surface area (Å²) in [7, 11) is 0. The molecule has 0 aliphatic rings. The Kier molecular flexibility index (Phi) is 4.43. The topological polar surface area (TPSA) is 22.1 Å². The first-order valence-electron chi connectivity index (χ1n) is 6.41. The summed E-state index contributed by atoms with van der Waals surface area (Å²) < 4.78 is 20.3. The summed E-state index contributed by atoms with van der Waals surface area (Å²) in [6.45, 7) is 6.25. The van der Waals surface area contributed by atoms with Crippen LogP contribution in [0.1, 0.15) is 32.0 Å². The van der Waals surface area contributed by atoms with Crippen molar-refractivity contribution in [1.29, 1.82) is 0 Å². The predicted molar refractivity (Wildman–Crippen MR) is 81.4 cm³/mol. The van der Waals surface area contributed by atoms with Gasteiger partial charge in [0.1, 0.15) is 18.2 Å². The zero-order valence-corrected chi connectivity index (χ0v) is 13.4. The lowest BCUT2D eigenvalue weighted by Gasteiger charge is -2.21. The Morgan fingerprint density at radius 2 is 1.95 bits per heavy atom. The lowest BCUT2D eigenvalue weighted by atomic mass is 9.86. The van der Waals surface area contributed by atoms with E-state index in [1.54, 1.807) is 18.3 Å². The number of pyridine rings is 1. The quantitative estimate of drug-likeness (QED) is 0.797. The Labute approximate surface area is 127 Å². The molecule has 0 saturated heterocycles. The van der Waals surface area contributed by atoms with Crippen LogP contribution in [0.4, 0.5) is 4.39 Å². The third kappa shape index (κ3) is 3.37. The average Bonchev–Trinajstić information content (AvgIpc) is 2.40. The molecule has 0 saturated carbocycles. The van der Waals surface area contributed by atoms with Crippen molar-refractivity contribution in [3.8, 4) is 5.75 Å². The Morgan fingerprint density at radius 3 is 2.55 bits per heavy atom. The van der Waals surface area contributed by atoms with Crippen LogP contribution in [0.25, 0.3) is 0 Å². The van der Waals surface area contributed by atoms with Gasteiger partial charge in [-0.1, -0.05) is 32.9 Å². The second kappa shape index (κ2) is 5.92. The number of halogens is 2. The zero-order chi connectivity index (χ0) is 14.8. The number of aromatic nitrogens is 1. The van der Waals surface area contributed by atoms with Crippen LogP contribution in [0.5, 0.6) is 5.75 Å². The van der Waals surface area contributed by atoms with Gasteiger partial charge in [-0.2, -0.15) is 0 Å². The van der Waals surface area contributed by atoms with Gasteiger partial charge in [-0.15, -0.1) is 0 Å². The fourth-order valence-corrected chi connectivity index (χ4v) is 2.32. The third-order valence-corrected chi connectivity index (χ3v) is 3.70. The Balaban J connectivity index is 2.20. The molecule has 0 aliphatic carbocycles. The van der Waals surface area contributed by atoms with Gasteiger partial charge in [0.2, 0.25) is 0 Å². The van der Waals surface area contributed by atoms with Crippen LogP contribution in [0.2, 0.25) is 0 Å². The van der Waals surface area contributed by atoms with Crippen LogP contribution < -0.4 is 4.74 Å². The molecule has 2 nitrogen and oxygen atoms in total. The largest absolute Gasteiger partial charge is 0.486 e. The van der Waals surface area contributed by atoms with E-state index in [4.69, 9.17) is 4.74 Å². The van der Waals surface area contributed by atoms with Gasteiger partial charge >= 0.3 is 0 Å². The van der Waals surface area contributed by atoms with Gasteiger partial charge in [0.15, 0.2) is 0 Å². The summed E-state index contributed by atoms with van der Waals surface area (Å²) in [4.78, 5) is 4.17. The fourth-order valence-electron chi connectivity index (χ4n) is 1.86. The summed E-state index contributed by atoms with van der Waals surface area (Å²) in [6.07, 6.45) is 1.71. The van der Waals surface area contributed by atoms with E-state index in [9.17, 15) is 4.39 Å². The second-order valence-electron chi connectivity index (χ2n) is 5.60. The molecule has 4 heteroatoms. The lowest BCUT2D eigenvalue weighted by Crippen LogP contribution is -2.14. The molecule has 1 aromatic heterocycles. The van der Waals surface area contributed by atoms with E-state index in [0.29, 0.717) is 22.4 Å². The van der Waals surface area contributed by atoms with E-state index in [2.05, 4.69) is 20.9 Å². The molecule has 2 rings (SSSR count). The number of nitrogens with zero attached hydrogens (tertiary/aromatic N) is 1. The molecule has 0 atom stereocenters. The van der Waals surface area contributed by atoms with E-state index < -0.39 is 0 Å². The van der Waals surface area contributed by atoms with Gasteiger partial charge in [-0.3, -0.25) is 4.98 Å². The van der Waals surface area contributed by atoms with Crippen molar-refractivity contribution < 1.29 is 9.13 Å². The predicted octanol–water partition coefficient (Wildman–Crippen LogP) is 4.86. The maximum atomic E-state index is 14.3. The molecule has 20 heavy (non-hydrogen) atoms. The molecular formula is C16H17BrFNO. The van der Waals surface area contributed by atoms with Crippen molar-refractivity contribution in [2.75, 3.05) is 0 Å². The van der Waals surface area contributed by atoms with Crippen molar-refractivity contribution in [2.45, 2.75) is 32.8 Å². The number of rotatable bonds is 3. The molecule has 1 heterocycles. The second-order valence-corrected chi connectivity index (χ2v) is 6.39. The van der Waals surface area contributed by atoms with Gasteiger partial charge in [0.25, 0.3) is 0 Å². The van der Waals surface area contributed by atoms with Crippen molar-refractivity contribution >= 4 is 15.9 Å². The highest BCUT2D eigenvalue weighted by atomic mass is 79.9. The molecule has 0 spiro atoms. The molecule has 0 amide bonds. The van der Waals surface area contributed by atoms with Crippen LogP contribution in [0.3, 0.4) is 0 Å². The maximum absolute atomic E-state index is 14.3. The van der Waals surface area contributed by atoms with Gasteiger partial charge in [-0.05, 0) is 45.1 Å². The SMILES string of the molecule is CC(C)(C)c1ccc(OCc2ccccn2)c(Br)c1F. The van der Waals surface area contributed by atoms with Gasteiger partial charge in [-0.25, -0.2) is 4.39 Å². The van der Waals surface area contributed by atoms with E-state index in [1.165, 1.54) is 0 Å². The smallest absolute Gasteiger partial charge is 0.144 e. The maximum Gasteiger partial charge on any atom is 0.144 e. The fraction of sp³-hybridized carbons (Fsp3) is 0.312. The van der Waals surface area contributed by atoms with Crippen LogP contribution in [0, 0.1) is 5.82 Å². The highest BCUT2D eigenvalue weighted by Gasteiger charge is 2.22. The highest BCUT2D eigenvalue weighted by Crippen LogP contribution is 2.35. The monoisotopic (exact) mass is 337 g/mol. The first-order valence-corrected chi connectivity index (χ1v) is 7.20. The number of hydrogen-bond acceptors (Lipinski definition) is 2. The minimum Gasteiger partial charge on any atom is -0.486 e. The standard InChI is InChI=1S/C16H17BrFNO/c1-16(2,3)12-7-8-13(14(17)15(12)18)20-10-11-6-4-5-9-19-11/h4-9H,10H2,1-3H3. The summed E-state index contributed by atoms with van der Waals surface area (Å²) in [5.41, 5.74) is 1.22. The molecule has 0 fully saturated rings. The minimum absolute atomic E-state index is 0.244. The lowest BCUT2D eigenvalue weighted by molar-refractivity contribution is 0.297. The van der Waals surface area contributed by atoms with Crippen LogP contribution in [-0.2, 0) is 12.0 Å². The molecule has 1 aromatic carbocycles. The van der Waals surface area contributed by atoms with Crippen molar-refractivity contribution in [3.05, 3.63) is 58.1 Å². The normalized spacial score (nSPS) is 11.4. The Bertz CT molecular complexity index is 593. The first kappa shape index (κ1) is 15.0. The number of hydrogen-bond donors (Lipinski definition) is 0. The van der Waals surface area contributed by atoms with Crippen LogP contribution in [0.15, 0.2) is 41.0 Å². The Morgan fingerprint density at radius 1 is 1.20 bits per heavy atom. The highest BCUT2D eigenvalue weighted by molar-refractivity contribution is 9.10. The van der Waals surface area contributed by atoms with E-state index in [1.807, 2.05) is 39.0 Å². The first-order chi connectivity index (χ1) is 9.39. The summed E-state index contributed by atoms with van der Waals surface area (Å²) >= 11 is 3.28. The molecule has 2 aromatic rings. The third-order valence-electron chi connectivity index (χ3n) is 2.96. The number of benzene rings is 1. The summed E-state index contributed by atoms with van der Waals surface area (Å²) in [5.74, 6) is 0.220. The van der Waals surface area contributed by atoms with Crippen molar-refractivity contribution in [3.63, 3.8) is 0 Å². The minimum atomic E-state index is -0.268. The van der Waals surface area contributed by atoms with E-state index in [0.717, 1.165) is 5.69 Å².